The predicted octanol–water partition coefficient (Wildman–Crippen LogP) is 5.07. The van der Waals surface area contributed by atoms with Crippen molar-refractivity contribution in [2.75, 3.05) is 6.54 Å². The van der Waals surface area contributed by atoms with Gasteiger partial charge in [-0.1, -0.05) is 71.7 Å². The van der Waals surface area contributed by atoms with E-state index in [9.17, 15) is 0 Å². The molecule has 0 aliphatic carbocycles. The van der Waals surface area contributed by atoms with Crippen molar-refractivity contribution in [3.8, 4) is 0 Å². The SMILES string of the molecule is CCCCNP(=S)(Cl)Cl.Cc1ccccc1. The smallest absolute Gasteiger partial charge is 0.181 e. The second kappa shape index (κ2) is 9.44. The molecule has 1 nitrogen and oxygen atoms in total. The average Bonchev–Trinajstić information content (AvgIpc) is 2.18. The summed E-state index contributed by atoms with van der Waals surface area (Å²) >= 11 is 15.8. The van der Waals surface area contributed by atoms with Gasteiger partial charge in [0.1, 0.15) is 0 Å². The Labute approximate surface area is 113 Å². The third-order valence-corrected chi connectivity index (χ3v) is 3.46. The predicted molar refractivity (Wildman–Crippen MR) is 80.1 cm³/mol. The molecule has 0 bridgehead atoms. The zero-order chi connectivity index (χ0) is 12.4. The Bertz CT molecular complexity index is 313. The van der Waals surface area contributed by atoms with Crippen LogP contribution in [0.1, 0.15) is 25.3 Å². The maximum Gasteiger partial charge on any atom is 0.181 e. The lowest BCUT2D eigenvalue weighted by molar-refractivity contribution is 0.774. The molecule has 0 aliphatic heterocycles. The monoisotopic (exact) mass is 297 g/mol. The van der Waals surface area contributed by atoms with E-state index in [4.69, 9.17) is 34.3 Å². The van der Waals surface area contributed by atoms with Crippen LogP contribution in [0.3, 0.4) is 0 Å². The highest BCUT2D eigenvalue weighted by atomic mass is 35.9. The van der Waals surface area contributed by atoms with Crippen LogP contribution in [0.15, 0.2) is 30.3 Å². The number of nitrogens with one attached hydrogen (secondary N) is 1. The maximum absolute atomic E-state index is 5.55. The van der Waals surface area contributed by atoms with E-state index >= 15 is 0 Å². The van der Waals surface area contributed by atoms with Crippen LogP contribution < -0.4 is 5.09 Å². The van der Waals surface area contributed by atoms with Crippen LogP contribution in [0.5, 0.6) is 0 Å². The van der Waals surface area contributed by atoms with Gasteiger partial charge in [0.25, 0.3) is 0 Å². The molecular weight excluding hydrogens is 280 g/mol. The van der Waals surface area contributed by atoms with Gasteiger partial charge >= 0.3 is 0 Å². The molecule has 0 saturated carbocycles. The summed E-state index contributed by atoms with van der Waals surface area (Å²) in [5.74, 6) is 0. The number of unbranched alkanes of at least 4 members (excludes halogenated alkanes) is 1. The molecule has 0 amide bonds. The van der Waals surface area contributed by atoms with Gasteiger partial charge in [-0.25, -0.2) is 0 Å². The van der Waals surface area contributed by atoms with E-state index in [0.29, 0.717) is 0 Å². The number of benzene rings is 1. The lowest BCUT2D eigenvalue weighted by Gasteiger charge is -2.05. The van der Waals surface area contributed by atoms with Crippen molar-refractivity contribution < 1.29 is 0 Å². The molecule has 0 saturated heterocycles. The van der Waals surface area contributed by atoms with Gasteiger partial charge in [-0.15, -0.1) is 0 Å². The van der Waals surface area contributed by atoms with Gasteiger partial charge in [-0.2, -0.15) is 0 Å². The summed E-state index contributed by atoms with van der Waals surface area (Å²) < 4.78 is 0. The molecule has 0 unspecified atom stereocenters. The Hall–Kier alpha value is 0.410. The summed E-state index contributed by atoms with van der Waals surface area (Å²) in [5, 5.41) is 2.88. The fourth-order valence-electron chi connectivity index (χ4n) is 0.920. The van der Waals surface area contributed by atoms with E-state index in [1.807, 2.05) is 18.2 Å². The minimum absolute atomic E-state index is 0.834. The average molecular weight is 298 g/mol. The van der Waals surface area contributed by atoms with Crippen LogP contribution in [-0.4, -0.2) is 6.54 Å². The van der Waals surface area contributed by atoms with Gasteiger partial charge in [0.2, 0.25) is 0 Å². The zero-order valence-corrected chi connectivity index (χ0v) is 12.8. The normalized spacial score (nSPS) is 10.5. The first-order chi connectivity index (χ1) is 7.45. The second-order valence-corrected chi connectivity index (χ2v) is 11.0. The van der Waals surface area contributed by atoms with Gasteiger partial charge in [0.05, 0.1) is 0 Å². The van der Waals surface area contributed by atoms with Crippen molar-refractivity contribution in [3.63, 3.8) is 0 Å². The van der Waals surface area contributed by atoms with E-state index in [2.05, 4.69) is 31.1 Å². The summed E-state index contributed by atoms with van der Waals surface area (Å²) in [7, 11) is 0. The van der Waals surface area contributed by atoms with Gasteiger partial charge in [0, 0.05) is 6.54 Å². The third kappa shape index (κ3) is 12.5. The summed E-state index contributed by atoms with van der Waals surface area (Å²) in [4.78, 5) is -2.17. The molecule has 0 atom stereocenters. The largest absolute Gasteiger partial charge is 0.265 e. The Morgan fingerprint density at radius 2 is 1.81 bits per heavy atom. The molecule has 1 aromatic rings. The van der Waals surface area contributed by atoms with Crippen LogP contribution in [0.25, 0.3) is 0 Å². The Balaban J connectivity index is 0.000000288. The molecule has 0 aromatic heterocycles. The molecule has 92 valence electrons. The summed E-state index contributed by atoms with van der Waals surface area (Å²) in [6.45, 7) is 5.02. The van der Waals surface area contributed by atoms with E-state index in [0.717, 1.165) is 19.4 Å². The van der Waals surface area contributed by atoms with Crippen LogP contribution in [-0.2, 0) is 11.8 Å². The highest BCUT2D eigenvalue weighted by Gasteiger charge is 2.03. The van der Waals surface area contributed by atoms with E-state index in [1.54, 1.807) is 0 Å². The number of rotatable bonds is 4. The maximum atomic E-state index is 5.55. The van der Waals surface area contributed by atoms with E-state index in [1.165, 1.54) is 5.56 Å². The fraction of sp³-hybridized carbons (Fsp3) is 0.455. The molecule has 1 aromatic carbocycles. The number of hydrogen-bond acceptors (Lipinski definition) is 1. The minimum Gasteiger partial charge on any atom is -0.265 e. The first-order valence-corrected chi connectivity index (χ1v) is 9.83. The van der Waals surface area contributed by atoms with Crippen molar-refractivity contribution in [2.24, 2.45) is 0 Å². The third-order valence-electron chi connectivity index (χ3n) is 1.77. The van der Waals surface area contributed by atoms with Gasteiger partial charge < -0.3 is 0 Å². The quantitative estimate of drug-likeness (QED) is 0.615. The van der Waals surface area contributed by atoms with Crippen LogP contribution in [0, 0.1) is 6.92 Å². The van der Waals surface area contributed by atoms with Crippen LogP contribution in [0.2, 0.25) is 0 Å². The highest BCUT2D eigenvalue weighted by Crippen LogP contribution is 2.52. The van der Waals surface area contributed by atoms with Crippen molar-refractivity contribution in [1.82, 2.24) is 5.09 Å². The number of aryl methyl sites for hydroxylation is 1. The molecule has 0 spiro atoms. The number of hydrogen-bond donors (Lipinski definition) is 1. The molecule has 16 heavy (non-hydrogen) atoms. The minimum atomic E-state index is -2.17. The molecule has 0 aliphatic rings. The Morgan fingerprint density at radius 3 is 2.12 bits per heavy atom. The van der Waals surface area contributed by atoms with Crippen molar-refractivity contribution >= 4 is 39.2 Å². The van der Waals surface area contributed by atoms with Crippen molar-refractivity contribution in [3.05, 3.63) is 35.9 Å². The lowest BCUT2D eigenvalue weighted by Crippen LogP contribution is -2.04. The molecule has 1 N–H and O–H groups in total. The Morgan fingerprint density at radius 1 is 1.25 bits per heavy atom. The fourth-order valence-corrected chi connectivity index (χ4v) is 2.12. The summed E-state index contributed by atoms with van der Waals surface area (Å²) in [6, 6.07) is 10.3. The van der Waals surface area contributed by atoms with E-state index < -0.39 is 4.89 Å². The van der Waals surface area contributed by atoms with Gasteiger partial charge in [0.15, 0.2) is 4.89 Å². The summed E-state index contributed by atoms with van der Waals surface area (Å²) in [5.41, 5.74) is 1.32. The van der Waals surface area contributed by atoms with Crippen molar-refractivity contribution in [1.29, 1.82) is 0 Å². The topological polar surface area (TPSA) is 12.0 Å². The standard InChI is InChI=1S/C7H8.C4H10Cl2NPS/c1-7-5-3-2-4-6-7;1-2-3-4-7-8(5,6)9/h2-6H,1H3;2-4H2,1H3,(H,7,9). The van der Waals surface area contributed by atoms with Crippen molar-refractivity contribution in [2.45, 2.75) is 26.7 Å². The zero-order valence-electron chi connectivity index (χ0n) is 9.62. The van der Waals surface area contributed by atoms with Crippen LogP contribution in [0.4, 0.5) is 0 Å². The first kappa shape index (κ1) is 16.4. The molecule has 0 heterocycles. The molecule has 0 fully saturated rings. The molecule has 0 radical (unpaired) electrons. The highest BCUT2D eigenvalue weighted by molar-refractivity contribution is 8.38. The van der Waals surface area contributed by atoms with Gasteiger partial charge in [-0.05, 0) is 25.2 Å². The Kier molecular flexibility index (Phi) is 9.68. The first-order valence-electron chi connectivity index (χ1n) is 5.22. The lowest BCUT2D eigenvalue weighted by atomic mass is 10.2. The van der Waals surface area contributed by atoms with E-state index in [-0.39, 0.29) is 0 Å². The molecule has 1 rings (SSSR count). The molecule has 5 heteroatoms. The van der Waals surface area contributed by atoms with Crippen LogP contribution >= 0.6 is 27.4 Å². The molecular formula is C11H18Cl2NPS. The summed E-state index contributed by atoms with van der Waals surface area (Å²) in [6.07, 6.45) is 2.22. The second-order valence-electron chi connectivity index (χ2n) is 3.38. The number of halogens is 2. The van der Waals surface area contributed by atoms with Gasteiger partial charge in [-0.3, -0.25) is 5.09 Å².